The highest BCUT2D eigenvalue weighted by Crippen LogP contribution is 2.40. The Hall–Kier alpha value is -2.54. The summed E-state index contributed by atoms with van der Waals surface area (Å²) in [6, 6.07) is 7.86. The van der Waals surface area contributed by atoms with Crippen molar-refractivity contribution in [3.05, 3.63) is 41.3 Å². The third-order valence-corrected chi connectivity index (χ3v) is 5.62. The highest BCUT2D eigenvalue weighted by Gasteiger charge is 2.33. The van der Waals surface area contributed by atoms with Crippen LogP contribution in [0.3, 0.4) is 0 Å². The Bertz CT molecular complexity index is 861. The maximum absolute atomic E-state index is 12.5. The lowest BCUT2D eigenvalue weighted by Crippen LogP contribution is -2.40. The lowest BCUT2D eigenvalue weighted by atomic mass is 10.1. The smallest absolute Gasteiger partial charge is 0.273 e. The van der Waals surface area contributed by atoms with E-state index in [-0.39, 0.29) is 18.7 Å². The number of benzene rings is 1. The van der Waals surface area contributed by atoms with Crippen LogP contribution in [0.25, 0.3) is 0 Å². The predicted molar refractivity (Wildman–Crippen MR) is 96.7 cm³/mol. The number of para-hydroxylation sites is 1. The molecule has 1 N–H and O–H groups in total. The van der Waals surface area contributed by atoms with Gasteiger partial charge in [-0.1, -0.05) is 24.2 Å². The van der Waals surface area contributed by atoms with E-state index in [2.05, 4.69) is 28.4 Å². The molecular formula is C20H23N3O4. The molecule has 1 aliphatic carbocycles. The van der Waals surface area contributed by atoms with Crippen molar-refractivity contribution in [1.29, 1.82) is 0 Å². The molecule has 2 aromatic rings. The van der Waals surface area contributed by atoms with E-state index in [0.29, 0.717) is 17.5 Å². The second kappa shape index (κ2) is 6.56. The molecule has 3 aliphatic rings. The van der Waals surface area contributed by atoms with Crippen molar-refractivity contribution in [3.8, 4) is 11.5 Å². The molecule has 0 spiro atoms. The fourth-order valence-corrected chi connectivity index (χ4v) is 3.94. The summed E-state index contributed by atoms with van der Waals surface area (Å²) in [6.07, 6.45) is 2.26. The first kappa shape index (κ1) is 16.6. The molecule has 1 saturated carbocycles. The molecule has 1 aromatic carbocycles. The predicted octanol–water partition coefficient (Wildman–Crippen LogP) is 2.53. The van der Waals surface area contributed by atoms with Gasteiger partial charge in [0.25, 0.3) is 5.91 Å². The fourth-order valence-electron chi connectivity index (χ4n) is 3.94. The first-order chi connectivity index (χ1) is 13.2. The maximum Gasteiger partial charge on any atom is 0.273 e. The first-order valence-electron chi connectivity index (χ1n) is 9.54. The van der Waals surface area contributed by atoms with E-state index in [0.717, 1.165) is 55.3 Å². The van der Waals surface area contributed by atoms with Gasteiger partial charge in [0.2, 0.25) is 6.79 Å². The molecule has 2 unspecified atom stereocenters. The van der Waals surface area contributed by atoms with E-state index in [4.69, 9.17) is 14.0 Å². The van der Waals surface area contributed by atoms with Gasteiger partial charge in [-0.3, -0.25) is 9.69 Å². The Morgan fingerprint density at radius 3 is 3.04 bits per heavy atom. The van der Waals surface area contributed by atoms with Gasteiger partial charge in [-0.15, -0.1) is 0 Å². The number of hydrogen-bond acceptors (Lipinski definition) is 6. The molecule has 2 atom stereocenters. The first-order valence-corrected chi connectivity index (χ1v) is 9.54. The van der Waals surface area contributed by atoms with E-state index >= 15 is 0 Å². The minimum Gasteiger partial charge on any atom is -0.454 e. The zero-order valence-corrected chi connectivity index (χ0v) is 15.3. The number of ether oxygens (including phenoxy) is 2. The second-order valence-electron chi connectivity index (χ2n) is 7.79. The molecule has 0 bridgehead atoms. The van der Waals surface area contributed by atoms with Gasteiger partial charge in [0.1, 0.15) is 5.76 Å². The van der Waals surface area contributed by atoms with Crippen molar-refractivity contribution >= 4 is 5.91 Å². The summed E-state index contributed by atoms with van der Waals surface area (Å²) >= 11 is 0. The number of amides is 1. The van der Waals surface area contributed by atoms with Crippen molar-refractivity contribution in [2.45, 2.75) is 38.3 Å². The highest BCUT2D eigenvalue weighted by atomic mass is 16.7. The molecule has 2 fully saturated rings. The zero-order chi connectivity index (χ0) is 18.4. The maximum atomic E-state index is 12.5. The number of aromatic nitrogens is 1. The van der Waals surface area contributed by atoms with Crippen LogP contribution in [0.4, 0.5) is 0 Å². The Morgan fingerprint density at radius 2 is 2.19 bits per heavy atom. The highest BCUT2D eigenvalue weighted by molar-refractivity contribution is 5.92. The molecule has 1 amide bonds. The van der Waals surface area contributed by atoms with Crippen molar-refractivity contribution in [2.24, 2.45) is 5.92 Å². The van der Waals surface area contributed by atoms with Crippen LogP contribution in [-0.4, -0.2) is 41.9 Å². The SMILES string of the molecule is CC1CN(Cc2cccc3c2OCO3)CC1NC(=O)c1cc(C2CC2)on1. The van der Waals surface area contributed by atoms with Gasteiger partial charge < -0.3 is 19.3 Å². The third-order valence-electron chi connectivity index (χ3n) is 5.62. The molecule has 27 heavy (non-hydrogen) atoms. The van der Waals surface area contributed by atoms with E-state index < -0.39 is 0 Å². The van der Waals surface area contributed by atoms with Crippen LogP contribution in [0.2, 0.25) is 0 Å². The number of rotatable bonds is 5. The van der Waals surface area contributed by atoms with Gasteiger partial charge in [-0.05, 0) is 24.8 Å². The third kappa shape index (κ3) is 3.27. The summed E-state index contributed by atoms with van der Waals surface area (Å²) < 4.78 is 16.4. The number of fused-ring (bicyclic) bond motifs is 1. The van der Waals surface area contributed by atoms with Crippen molar-refractivity contribution in [1.82, 2.24) is 15.4 Å². The summed E-state index contributed by atoms with van der Waals surface area (Å²) in [5.74, 6) is 3.15. The van der Waals surface area contributed by atoms with Crippen molar-refractivity contribution < 1.29 is 18.8 Å². The van der Waals surface area contributed by atoms with Crippen LogP contribution in [0.1, 0.15) is 47.5 Å². The Balaban J connectivity index is 1.22. The molecule has 142 valence electrons. The fraction of sp³-hybridized carbons (Fsp3) is 0.500. The Kier molecular flexibility index (Phi) is 4.04. The lowest BCUT2D eigenvalue weighted by Gasteiger charge is -2.17. The minimum atomic E-state index is -0.151. The average molecular weight is 369 g/mol. The van der Waals surface area contributed by atoms with Gasteiger partial charge in [-0.25, -0.2) is 0 Å². The number of likely N-dealkylation sites (tertiary alicyclic amines) is 1. The minimum absolute atomic E-state index is 0.0903. The van der Waals surface area contributed by atoms with Crippen LogP contribution in [-0.2, 0) is 6.54 Å². The van der Waals surface area contributed by atoms with Gasteiger partial charge in [0.05, 0.1) is 0 Å². The number of carbonyl (C=O) groups is 1. The molecule has 2 aliphatic heterocycles. The molecule has 1 aromatic heterocycles. The molecule has 7 nitrogen and oxygen atoms in total. The van der Waals surface area contributed by atoms with Gasteiger partial charge in [0.15, 0.2) is 17.2 Å². The van der Waals surface area contributed by atoms with Crippen molar-refractivity contribution in [3.63, 3.8) is 0 Å². The number of nitrogens with zero attached hydrogens (tertiary/aromatic N) is 2. The normalized spacial score (nSPS) is 24.3. The average Bonchev–Trinajstić information content (AvgIpc) is 3.07. The largest absolute Gasteiger partial charge is 0.454 e. The van der Waals surface area contributed by atoms with Gasteiger partial charge in [0, 0.05) is 43.2 Å². The topological polar surface area (TPSA) is 76.8 Å². The molecule has 3 heterocycles. The van der Waals surface area contributed by atoms with E-state index in [1.807, 2.05) is 12.1 Å². The molecule has 5 rings (SSSR count). The summed E-state index contributed by atoms with van der Waals surface area (Å²) in [5.41, 5.74) is 1.50. The van der Waals surface area contributed by atoms with Crippen molar-refractivity contribution in [2.75, 3.05) is 19.9 Å². The second-order valence-corrected chi connectivity index (χ2v) is 7.79. The van der Waals surface area contributed by atoms with E-state index in [1.54, 1.807) is 6.07 Å². The lowest BCUT2D eigenvalue weighted by molar-refractivity contribution is 0.0922. The summed E-state index contributed by atoms with van der Waals surface area (Å²) in [5, 5.41) is 7.07. The van der Waals surface area contributed by atoms with Crippen LogP contribution < -0.4 is 14.8 Å². The number of hydrogen-bond donors (Lipinski definition) is 1. The van der Waals surface area contributed by atoms with E-state index in [9.17, 15) is 4.79 Å². The van der Waals surface area contributed by atoms with E-state index in [1.165, 1.54) is 0 Å². The number of nitrogens with one attached hydrogen (secondary N) is 1. The summed E-state index contributed by atoms with van der Waals surface area (Å²) in [6.45, 7) is 4.94. The van der Waals surface area contributed by atoms with Gasteiger partial charge in [-0.2, -0.15) is 0 Å². The van der Waals surface area contributed by atoms with Crippen LogP contribution in [0.5, 0.6) is 11.5 Å². The molecular weight excluding hydrogens is 346 g/mol. The standard InChI is InChI=1S/C20H23N3O4/c1-12-8-23(9-14-3-2-4-17-19(14)26-11-25-17)10-16(12)21-20(24)15-7-18(27-22-15)13-5-6-13/h2-4,7,12-13,16H,5-6,8-11H2,1H3,(H,21,24). The van der Waals surface area contributed by atoms with Crippen LogP contribution >= 0.6 is 0 Å². The summed E-state index contributed by atoms with van der Waals surface area (Å²) in [7, 11) is 0. The molecule has 1 saturated heterocycles. The molecule has 0 radical (unpaired) electrons. The van der Waals surface area contributed by atoms with Crippen LogP contribution in [0, 0.1) is 5.92 Å². The van der Waals surface area contributed by atoms with Crippen LogP contribution in [0.15, 0.2) is 28.8 Å². The van der Waals surface area contributed by atoms with Gasteiger partial charge >= 0.3 is 0 Å². The monoisotopic (exact) mass is 369 g/mol. The zero-order valence-electron chi connectivity index (χ0n) is 15.3. The Labute approximate surface area is 157 Å². The molecule has 7 heteroatoms. The summed E-state index contributed by atoms with van der Waals surface area (Å²) in [4.78, 5) is 14.9. The quantitative estimate of drug-likeness (QED) is 0.873. The Morgan fingerprint density at radius 1 is 1.30 bits per heavy atom. The number of carbonyl (C=O) groups excluding carboxylic acids is 1.